The molecule has 0 N–H and O–H groups in total. The number of halogens is 3. The van der Waals surface area contributed by atoms with Crippen LogP contribution < -0.4 is 0 Å². The summed E-state index contributed by atoms with van der Waals surface area (Å²) in [6, 6.07) is 14.9. The molecule has 0 radical (unpaired) electrons. The van der Waals surface area contributed by atoms with Crippen LogP contribution in [0.5, 0.6) is 0 Å². The highest BCUT2D eigenvalue weighted by Crippen LogP contribution is 2.32. The third-order valence-corrected chi connectivity index (χ3v) is 5.61. The molecular weight excluding hydrogens is 577 g/mol. The van der Waals surface area contributed by atoms with Gasteiger partial charge < -0.3 is 8.83 Å². The van der Waals surface area contributed by atoms with Crippen molar-refractivity contribution < 1.29 is 13.6 Å². The monoisotopic (exact) mass is 585 g/mol. The number of oxazole rings is 1. The molecule has 0 aliphatic rings. The number of hydrogen-bond donors (Lipinski definition) is 0. The SMILES string of the molecule is O=C(Cc1ccc2oc(-c3cc(I)ccc3Br)nc2c1)c1ccc(Br)o1. The van der Waals surface area contributed by atoms with Crippen LogP contribution in [0.2, 0.25) is 0 Å². The summed E-state index contributed by atoms with van der Waals surface area (Å²) >= 11 is 9.00. The van der Waals surface area contributed by atoms with Gasteiger partial charge in [-0.15, -0.1) is 0 Å². The van der Waals surface area contributed by atoms with Crippen molar-refractivity contribution in [2.75, 3.05) is 0 Å². The molecule has 2 heterocycles. The summed E-state index contributed by atoms with van der Waals surface area (Å²) in [4.78, 5) is 16.9. The summed E-state index contributed by atoms with van der Waals surface area (Å²) in [5.74, 6) is 0.795. The van der Waals surface area contributed by atoms with Crippen molar-refractivity contribution in [1.82, 2.24) is 4.98 Å². The van der Waals surface area contributed by atoms with Crippen molar-refractivity contribution in [1.29, 1.82) is 0 Å². The minimum absolute atomic E-state index is 0.0841. The van der Waals surface area contributed by atoms with Gasteiger partial charge in [0.1, 0.15) is 5.52 Å². The van der Waals surface area contributed by atoms with Crippen LogP contribution in [0.15, 0.2) is 66.5 Å². The first kappa shape index (κ1) is 17.9. The van der Waals surface area contributed by atoms with Gasteiger partial charge in [0.05, 0.1) is 5.56 Å². The van der Waals surface area contributed by atoms with Crippen LogP contribution >= 0.6 is 54.5 Å². The minimum atomic E-state index is -0.0841. The van der Waals surface area contributed by atoms with Gasteiger partial charge in [0.2, 0.25) is 11.7 Å². The minimum Gasteiger partial charge on any atom is -0.446 e. The maximum absolute atomic E-state index is 12.3. The van der Waals surface area contributed by atoms with E-state index in [4.69, 9.17) is 8.83 Å². The van der Waals surface area contributed by atoms with Gasteiger partial charge in [0.25, 0.3) is 0 Å². The standard InChI is InChI=1S/C19H10Br2INO3/c20-13-3-2-11(22)9-12(13)19-23-14-7-10(1-4-16(14)26-19)8-15(24)17-5-6-18(21)25-17/h1-7,9H,8H2. The van der Waals surface area contributed by atoms with E-state index in [1.807, 2.05) is 36.4 Å². The van der Waals surface area contributed by atoms with Gasteiger partial charge in [-0.3, -0.25) is 4.79 Å². The normalized spacial score (nSPS) is 11.2. The Bertz CT molecular complexity index is 1130. The Labute approximate surface area is 179 Å². The summed E-state index contributed by atoms with van der Waals surface area (Å²) in [6.07, 6.45) is 0.241. The molecule has 4 rings (SSSR count). The quantitative estimate of drug-likeness (QED) is 0.199. The lowest BCUT2D eigenvalue weighted by Crippen LogP contribution is -2.01. The van der Waals surface area contributed by atoms with E-state index in [1.54, 1.807) is 12.1 Å². The van der Waals surface area contributed by atoms with Gasteiger partial charge >= 0.3 is 0 Å². The summed E-state index contributed by atoms with van der Waals surface area (Å²) in [6.45, 7) is 0. The predicted octanol–water partition coefficient (Wildman–Crippen LogP) is 6.64. The highest BCUT2D eigenvalue weighted by atomic mass is 127. The smallest absolute Gasteiger partial charge is 0.228 e. The van der Waals surface area contributed by atoms with Gasteiger partial charge in [-0.25, -0.2) is 4.98 Å². The second-order valence-corrected chi connectivity index (χ2v) is 8.53. The highest BCUT2D eigenvalue weighted by Gasteiger charge is 2.15. The molecule has 0 aliphatic carbocycles. The maximum Gasteiger partial charge on any atom is 0.228 e. The number of carbonyl (C=O) groups excluding carboxylic acids is 1. The van der Waals surface area contributed by atoms with E-state index in [2.05, 4.69) is 59.4 Å². The van der Waals surface area contributed by atoms with Crippen molar-refractivity contribution in [3.05, 3.63) is 72.6 Å². The van der Waals surface area contributed by atoms with E-state index >= 15 is 0 Å². The molecule has 0 aliphatic heterocycles. The number of carbonyl (C=O) groups is 1. The van der Waals surface area contributed by atoms with Crippen molar-refractivity contribution in [3.63, 3.8) is 0 Å². The Morgan fingerprint density at radius 3 is 2.65 bits per heavy atom. The number of Topliss-reactive ketones (excluding diaryl/α,β-unsaturated/α-hetero) is 1. The molecule has 2 aromatic carbocycles. The van der Waals surface area contributed by atoms with Gasteiger partial charge in [-0.1, -0.05) is 6.07 Å². The molecule has 26 heavy (non-hydrogen) atoms. The number of ketones is 1. The van der Waals surface area contributed by atoms with E-state index in [1.165, 1.54) is 0 Å². The number of aromatic nitrogens is 1. The molecule has 4 aromatic rings. The highest BCUT2D eigenvalue weighted by molar-refractivity contribution is 14.1. The fraction of sp³-hybridized carbons (Fsp3) is 0.0526. The third-order valence-electron chi connectivity index (χ3n) is 3.82. The van der Waals surface area contributed by atoms with E-state index < -0.39 is 0 Å². The van der Waals surface area contributed by atoms with Gasteiger partial charge in [0, 0.05) is 14.5 Å². The van der Waals surface area contributed by atoms with Crippen molar-refractivity contribution in [2.24, 2.45) is 0 Å². The van der Waals surface area contributed by atoms with Crippen LogP contribution in [0.1, 0.15) is 16.1 Å². The fourth-order valence-corrected chi connectivity index (χ4v) is 3.81. The molecule has 0 fully saturated rings. The lowest BCUT2D eigenvalue weighted by atomic mass is 10.1. The number of fused-ring (bicyclic) bond motifs is 1. The Kier molecular flexibility index (Phi) is 5.02. The maximum atomic E-state index is 12.3. The Morgan fingerprint density at radius 2 is 1.88 bits per heavy atom. The number of hydrogen-bond acceptors (Lipinski definition) is 4. The lowest BCUT2D eigenvalue weighted by Gasteiger charge is -1.99. The Morgan fingerprint density at radius 1 is 1.04 bits per heavy atom. The van der Waals surface area contributed by atoms with Crippen LogP contribution in [0.3, 0.4) is 0 Å². The summed E-state index contributed by atoms with van der Waals surface area (Å²) < 4.78 is 13.8. The molecule has 0 saturated heterocycles. The van der Waals surface area contributed by atoms with Gasteiger partial charge in [-0.2, -0.15) is 0 Å². The van der Waals surface area contributed by atoms with Gasteiger partial charge in [-0.05, 0) is 102 Å². The third kappa shape index (κ3) is 3.65. The van der Waals surface area contributed by atoms with Crippen molar-refractivity contribution in [2.45, 2.75) is 6.42 Å². The zero-order chi connectivity index (χ0) is 18.3. The topological polar surface area (TPSA) is 56.2 Å². The summed E-state index contributed by atoms with van der Waals surface area (Å²) in [5, 5.41) is 0. The molecular formula is C19H10Br2INO3. The van der Waals surface area contributed by atoms with Crippen molar-refractivity contribution in [3.8, 4) is 11.5 Å². The molecule has 0 unspecified atom stereocenters. The zero-order valence-corrected chi connectivity index (χ0v) is 18.5. The van der Waals surface area contributed by atoms with E-state index in [0.717, 1.165) is 24.7 Å². The molecule has 0 spiro atoms. The van der Waals surface area contributed by atoms with Gasteiger partial charge in [0.15, 0.2) is 16.0 Å². The van der Waals surface area contributed by atoms with Crippen LogP contribution in [0.4, 0.5) is 0 Å². The average Bonchev–Trinajstić information content (AvgIpc) is 3.22. The molecule has 0 saturated carbocycles. The molecule has 0 atom stereocenters. The Hall–Kier alpha value is -1.45. The first-order valence-electron chi connectivity index (χ1n) is 7.63. The number of furan rings is 1. The number of benzene rings is 2. The molecule has 0 bridgehead atoms. The zero-order valence-electron chi connectivity index (χ0n) is 13.1. The second-order valence-electron chi connectivity index (χ2n) is 5.65. The van der Waals surface area contributed by atoms with Crippen LogP contribution in [0, 0.1) is 3.57 Å². The molecule has 4 nitrogen and oxygen atoms in total. The molecule has 130 valence electrons. The molecule has 2 aromatic heterocycles. The summed E-state index contributed by atoms with van der Waals surface area (Å²) in [5.41, 5.74) is 3.15. The van der Waals surface area contributed by atoms with Crippen molar-refractivity contribution >= 4 is 71.3 Å². The van der Waals surface area contributed by atoms with E-state index in [0.29, 0.717) is 21.9 Å². The Balaban J connectivity index is 1.65. The van der Waals surface area contributed by atoms with Crippen LogP contribution in [0.25, 0.3) is 22.6 Å². The number of nitrogens with zero attached hydrogens (tertiary/aromatic N) is 1. The first-order chi connectivity index (χ1) is 12.5. The van der Waals surface area contributed by atoms with Crippen LogP contribution in [-0.2, 0) is 6.42 Å². The first-order valence-corrected chi connectivity index (χ1v) is 10.3. The number of rotatable bonds is 4. The van der Waals surface area contributed by atoms with Crippen LogP contribution in [-0.4, -0.2) is 10.8 Å². The predicted molar refractivity (Wildman–Crippen MR) is 114 cm³/mol. The molecule has 7 heteroatoms. The average molecular weight is 587 g/mol. The fourth-order valence-electron chi connectivity index (χ4n) is 2.60. The van der Waals surface area contributed by atoms with E-state index in [-0.39, 0.29) is 12.2 Å². The van der Waals surface area contributed by atoms with E-state index in [9.17, 15) is 4.79 Å². The summed E-state index contributed by atoms with van der Waals surface area (Å²) in [7, 11) is 0. The lowest BCUT2D eigenvalue weighted by molar-refractivity contribution is 0.0965. The second kappa shape index (κ2) is 7.28. The largest absolute Gasteiger partial charge is 0.446 e. The molecule has 0 amide bonds.